The third kappa shape index (κ3) is 3.34. The van der Waals surface area contributed by atoms with Crippen molar-refractivity contribution in [3.63, 3.8) is 0 Å². The predicted octanol–water partition coefficient (Wildman–Crippen LogP) is 4.86. The lowest BCUT2D eigenvalue weighted by molar-refractivity contribution is 0.325. The minimum atomic E-state index is 0.800. The first-order valence-corrected chi connectivity index (χ1v) is 9.19. The fraction of sp³-hybridized carbons (Fsp3) is 0.700. The first-order chi connectivity index (χ1) is 10.4. The highest BCUT2D eigenvalue weighted by Crippen LogP contribution is 2.39. The maximum Gasteiger partial charge on any atom is 0.0224 e. The maximum atomic E-state index is 2.68. The third-order valence-corrected chi connectivity index (χ3v) is 6.05. The molecule has 0 N–H and O–H groups in total. The van der Waals surface area contributed by atoms with Crippen molar-refractivity contribution >= 4 is 0 Å². The van der Waals surface area contributed by atoms with Crippen LogP contribution in [-0.4, -0.2) is 24.0 Å². The lowest BCUT2D eigenvalue weighted by Gasteiger charge is -2.29. The molecule has 0 aromatic rings. The number of nitrogens with zero attached hydrogens (tertiary/aromatic N) is 1. The minimum Gasteiger partial charge on any atom is -0.297 e. The number of allylic oxidation sites excluding steroid dienone is 5. The summed E-state index contributed by atoms with van der Waals surface area (Å²) in [6.07, 6.45) is 22.3. The Balaban J connectivity index is 1.30. The van der Waals surface area contributed by atoms with Gasteiger partial charge >= 0.3 is 0 Å². The summed E-state index contributed by atoms with van der Waals surface area (Å²) in [4.78, 5) is 2.68. The van der Waals surface area contributed by atoms with Gasteiger partial charge in [-0.2, -0.15) is 0 Å². The lowest BCUT2D eigenvalue weighted by atomic mass is 9.81. The van der Waals surface area contributed by atoms with Crippen LogP contribution in [0.2, 0.25) is 0 Å². The molecule has 0 aromatic carbocycles. The van der Waals surface area contributed by atoms with E-state index in [2.05, 4.69) is 29.2 Å². The van der Waals surface area contributed by atoms with Crippen molar-refractivity contribution in [1.82, 2.24) is 4.90 Å². The first-order valence-electron chi connectivity index (χ1n) is 9.19. The summed E-state index contributed by atoms with van der Waals surface area (Å²) in [6, 6.07) is 0.977. The average Bonchev–Trinajstić information content (AvgIpc) is 3.33. The fourth-order valence-electron chi connectivity index (χ4n) is 4.49. The van der Waals surface area contributed by atoms with E-state index in [1.165, 1.54) is 70.9 Å². The minimum absolute atomic E-state index is 0.800. The standard InChI is InChI=1S/C20H29N/c1-2-4-16(5-3-1)6-7-17-8-10-18(11-9-17)19-12-13-20-15-21(20)14-19/h4,6-7,10,17,19-20H,1-3,5,8-9,11-15H2/t17-,19?,20?,21?/m0/s1. The van der Waals surface area contributed by atoms with Gasteiger partial charge in [0.05, 0.1) is 0 Å². The molecular formula is C20H29N. The Kier molecular flexibility index (Phi) is 4.03. The second-order valence-electron chi connectivity index (χ2n) is 7.58. The first kappa shape index (κ1) is 13.8. The van der Waals surface area contributed by atoms with Gasteiger partial charge in [0.1, 0.15) is 0 Å². The van der Waals surface area contributed by atoms with E-state index in [9.17, 15) is 0 Å². The van der Waals surface area contributed by atoms with Crippen molar-refractivity contribution in [2.24, 2.45) is 11.8 Å². The van der Waals surface area contributed by atoms with Gasteiger partial charge in [-0.15, -0.1) is 0 Å². The van der Waals surface area contributed by atoms with Crippen LogP contribution < -0.4 is 0 Å². The van der Waals surface area contributed by atoms with Crippen LogP contribution in [0.1, 0.15) is 57.8 Å². The zero-order chi connectivity index (χ0) is 14.1. The normalized spacial score (nSPS) is 39.6. The van der Waals surface area contributed by atoms with Crippen LogP contribution in [0.25, 0.3) is 0 Å². The third-order valence-electron chi connectivity index (χ3n) is 6.05. The Morgan fingerprint density at radius 2 is 2.00 bits per heavy atom. The Labute approximate surface area is 129 Å². The van der Waals surface area contributed by atoms with Crippen LogP contribution in [0.3, 0.4) is 0 Å². The molecule has 1 nitrogen and oxygen atoms in total. The monoisotopic (exact) mass is 283 g/mol. The van der Waals surface area contributed by atoms with E-state index < -0.39 is 0 Å². The molecule has 0 bridgehead atoms. The van der Waals surface area contributed by atoms with Gasteiger partial charge in [-0.05, 0) is 69.6 Å². The molecule has 4 aliphatic rings. The van der Waals surface area contributed by atoms with Crippen LogP contribution in [0.5, 0.6) is 0 Å². The molecule has 2 aliphatic carbocycles. The quantitative estimate of drug-likeness (QED) is 0.528. The topological polar surface area (TPSA) is 3.01 Å². The molecule has 2 fully saturated rings. The van der Waals surface area contributed by atoms with Crippen molar-refractivity contribution in [2.45, 2.75) is 63.8 Å². The van der Waals surface area contributed by atoms with Gasteiger partial charge in [0.2, 0.25) is 0 Å². The second kappa shape index (κ2) is 6.12. The van der Waals surface area contributed by atoms with E-state index in [-0.39, 0.29) is 0 Å². The van der Waals surface area contributed by atoms with E-state index in [4.69, 9.17) is 0 Å². The van der Waals surface area contributed by atoms with Crippen LogP contribution in [0.15, 0.2) is 35.5 Å². The van der Waals surface area contributed by atoms with Crippen LogP contribution in [0, 0.1) is 11.8 Å². The molecule has 21 heavy (non-hydrogen) atoms. The predicted molar refractivity (Wildman–Crippen MR) is 89.2 cm³/mol. The molecule has 0 amide bonds. The number of hydrogen-bond donors (Lipinski definition) is 0. The Hall–Kier alpha value is -0.820. The Morgan fingerprint density at radius 3 is 2.76 bits per heavy atom. The molecule has 0 radical (unpaired) electrons. The van der Waals surface area contributed by atoms with Crippen molar-refractivity contribution in [3.8, 4) is 0 Å². The number of rotatable bonds is 3. The molecule has 4 rings (SSSR count). The summed E-state index contributed by atoms with van der Waals surface area (Å²) in [5, 5.41) is 0. The highest BCUT2D eigenvalue weighted by atomic mass is 15.3. The smallest absolute Gasteiger partial charge is 0.0224 e. The molecule has 2 aliphatic heterocycles. The maximum absolute atomic E-state index is 2.68. The van der Waals surface area contributed by atoms with Crippen molar-refractivity contribution in [2.75, 3.05) is 13.1 Å². The van der Waals surface area contributed by atoms with Crippen LogP contribution >= 0.6 is 0 Å². The van der Waals surface area contributed by atoms with Crippen molar-refractivity contribution < 1.29 is 0 Å². The zero-order valence-electron chi connectivity index (χ0n) is 13.3. The average molecular weight is 283 g/mol. The van der Waals surface area contributed by atoms with Gasteiger partial charge in [0.15, 0.2) is 0 Å². The van der Waals surface area contributed by atoms with Gasteiger partial charge < -0.3 is 0 Å². The summed E-state index contributed by atoms with van der Waals surface area (Å²) < 4.78 is 0. The van der Waals surface area contributed by atoms with Gasteiger partial charge in [-0.25, -0.2) is 0 Å². The molecule has 0 saturated carbocycles. The number of fused-ring (bicyclic) bond motifs is 1. The molecule has 2 saturated heterocycles. The molecule has 0 spiro atoms. The zero-order valence-corrected chi connectivity index (χ0v) is 13.3. The summed E-state index contributed by atoms with van der Waals surface area (Å²) in [5.74, 6) is 1.70. The van der Waals surface area contributed by atoms with Crippen molar-refractivity contribution in [3.05, 3.63) is 35.5 Å². The lowest BCUT2D eigenvalue weighted by Crippen LogP contribution is -2.24. The van der Waals surface area contributed by atoms with Gasteiger partial charge in [-0.3, -0.25) is 4.90 Å². The van der Waals surface area contributed by atoms with Gasteiger partial charge in [0.25, 0.3) is 0 Å². The second-order valence-corrected chi connectivity index (χ2v) is 7.58. The van der Waals surface area contributed by atoms with E-state index in [1.54, 1.807) is 11.1 Å². The van der Waals surface area contributed by atoms with E-state index in [1.807, 2.05) is 0 Å². The van der Waals surface area contributed by atoms with Crippen LogP contribution in [-0.2, 0) is 0 Å². The SMILES string of the molecule is C(=C[C@H]1CC=C(C2CCC3CN3C2)CC1)C1=CCCCC1. The molecule has 4 atom stereocenters. The molecule has 2 heterocycles. The van der Waals surface area contributed by atoms with E-state index >= 15 is 0 Å². The molecule has 0 aromatic heterocycles. The number of hydrogen-bond acceptors (Lipinski definition) is 1. The fourth-order valence-corrected chi connectivity index (χ4v) is 4.49. The molecule has 3 unspecified atom stereocenters. The van der Waals surface area contributed by atoms with E-state index in [0.29, 0.717) is 0 Å². The summed E-state index contributed by atoms with van der Waals surface area (Å²) in [5.41, 5.74) is 3.39. The van der Waals surface area contributed by atoms with Gasteiger partial charge in [-0.1, -0.05) is 35.5 Å². The Morgan fingerprint density at radius 1 is 1.00 bits per heavy atom. The van der Waals surface area contributed by atoms with E-state index in [0.717, 1.165) is 17.9 Å². The molecule has 114 valence electrons. The Bertz CT molecular complexity index is 470. The highest BCUT2D eigenvalue weighted by molar-refractivity contribution is 5.22. The summed E-state index contributed by atoms with van der Waals surface area (Å²) in [6.45, 7) is 2.76. The number of piperidine rings is 1. The summed E-state index contributed by atoms with van der Waals surface area (Å²) >= 11 is 0. The van der Waals surface area contributed by atoms with Crippen LogP contribution in [0.4, 0.5) is 0 Å². The van der Waals surface area contributed by atoms with Gasteiger partial charge in [0, 0.05) is 19.1 Å². The molecular weight excluding hydrogens is 254 g/mol. The molecule has 1 heteroatoms. The van der Waals surface area contributed by atoms with Crippen molar-refractivity contribution in [1.29, 1.82) is 0 Å². The largest absolute Gasteiger partial charge is 0.297 e. The summed E-state index contributed by atoms with van der Waals surface area (Å²) in [7, 11) is 0. The highest BCUT2D eigenvalue weighted by Gasteiger charge is 2.40.